The molecule has 2 saturated carbocycles. The fourth-order valence-electron chi connectivity index (χ4n) is 6.82. The number of esters is 1. The van der Waals surface area contributed by atoms with Crippen molar-refractivity contribution >= 4 is 17.7 Å². The van der Waals surface area contributed by atoms with Gasteiger partial charge in [-0.3, -0.25) is 4.79 Å². The number of aliphatic hydroxyl groups is 2. The molecule has 0 aromatic carbocycles. The quantitative estimate of drug-likeness (QED) is 0.141. The van der Waals surface area contributed by atoms with Crippen LogP contribution in [0.1, 0.15) is 104 Å². The average molecular weight is 551 g/mol. The Balaban J connectivity index is 1.67. The third-order valence-corrected chi connectivity index (χ3v) is 9.17. The molecule has 9 unspecified atom stereocenters. The van der Waals surface area contributed by atoms with E-state index in [0.717, 1.165) is 25.3 Å². The van der Waals surface area contributed by atoms with Crippen molar-refractivity contribution in [2.75, 3.05) is 6.61 Å². The lowest BCUT2D eigenvalue weighted by Crippen LogP contribution is -2.46. The van der Waals surface area contributed by atoms with Crippen LogP contribution in [0, 0.1) is 29.6 Å². The van der Waals surface area contributed by atoms with Crippen LogP contribution in [0.25, 0.3) is 0 Å². The van der Waals surface area contributed by atoms with Crippen molar-refractivity contribution in [2.24, 2.45) is 29.6 Å². The number of aliphatic hydroxyl groups excluding tert-OH is 2. The highest BCUT2D eigenvalue weighted by Crippen LogP contribution is 2.53. The van der Waals surface area contributed by atoms with Gasteiger partial charge in [-0.1, -0.05) is 78.1 Å². The molecule has 222 valence electrons. The Morgan fingerprint density at radius 1 is 0.872 bits per heavy atom. The van der Waals surface area contributed by atoms with Crippen molar-refractivity contribution < 1.29 is 39.2 Å². The number of ketones is 1. The lowest BCUT2D eigenvalue weighted by atomic mass is 9.67. The summed E-state index contributed by atoms with van der Waals surface area (Å²) in [6.45, 7) is 4.11. The van der Waals surface area contributed by atoms with Gasteiger partial charge in [0, 0.05) is 24.5 Å². The van der Waals surface area contributed by atoms with Crippen molar-refractivity contribution in [1.29, 1.82) is 0 Å². The molecule has 0 aromatic rings. The molecule has 3 rings (SSSR count). The van der Waals surface area contributed by atoms with Gasteiger partial charge in [0.25, 0.3) is 0 Å². The van der Waals surface area contributed by atoms with Gasteiger partial charge >= 0.3 is 11.9 Å². The molecule has 1 aliphatic heterocycles. The SMILES string of the molecule is CCCCCCCC1CC(=O)C(C2OC(COC(=O)/C=C\C(=O)O)C(O)C(O)C3CC32)CC1CCCCCC. The Bertz CT molecular complexity index is 825. The molecule has 1 saturated heterocycles. The highest BCUT2D eigenvalue weighted by atomic mass is 16.6. The zero-order valence-electron chi connectivity index (χ0n) is 23.8. The molecular formula is C31H50O8. The van der Waals surface area contributed by atoms with Gasteiger partial charge in [-0.2, -0.15) is 0 Å². The molecule has 9 atom stereocenters. The molecule has 3 aliphatic rings. The minimum Gasteiger partial charge on any atom is -0.478 e. The van der Waals surface area contributed by atoms with Crippen molar-refractivity contribution in [3.05, 3.63) is 12.2 Å². The van der Waals surface area contributed by atoms with E-state index in [2.05, 4.69) is 13.8 Å². The number of rotatable bonds is 16. The standard InChI is InChI=1S/C31H50O8/c1-3-5-7-9-11-13-21-17-25(32)24(16-20(21)12-10-8-6-4-2)31-23-18-22(23)29(36)30(37)26(39-31)19-38-28(35)15-14-27(33)34/h14-15,20-24,26,29-31,36-37H,3-13,16-19H2,1-2H3,(H,33,34)/b15-14-. The summed E-state index contributed by atoms with van der Waals surface area (Å²) in [6.07, 6.45) is 13.0. The molecule has 3 N–H and O–H groups in total. The van der Waals surface area contributed by atoms with E-state index < -0.39 is 36.4 Å². The van der Waals surface area contributed by atoms with Crippen molar-refractivity contribution in [2.45, 2.75) is 128 Å². The number of unbranched alkanes of at least 4 members (excludes halogenated alkanes) is 7. The number of Topliss-reactive ketones (excluding diaryl/α,β-unsaturated/α-hetero) is 1. The molecule has 39 heavy (non-hydrogen) atoms. The highest BCUT2D eigenvalue weighted by Gasteiger charge is 2.58. The van der Waals surface area contributed by atoms with E-state index >= 15 is 0 Å². The maximum Gasteiger partial charge on any atom is 0.331 e. The number of carbonyl (C=O) groups excluding carboxylic acids is 2. The van der Waals surface area contributed by atoms with Crippen LogP contribution in [-0.2, 0) is 23.9 Å². The molecule has 8 nitrogen and oxygen atoms in total. The van der Waals surface area contributed by atoms with Crippen LogP contribution in [0.4, 0.5) is 0 Å². The minimum absolute atomic E-state index is 0.00235. The summed E-state index contributed by atoms with van der Waals surface area (Å²) in [4.78, 5) is 36.1. The van der Waals surface area contributed by atoms with Gasteiger partial charge in [0.2, 0.25) is 0 Å². The van der Waals surface area contributed by atoms with Gasteiger partial charge in [-0.05, 0) is 42.9 Å². The third kappa shape index (κ3) is 9.39. The van der Waals surface area contributed by atoms with E-state index in [4.69, 9.17) is 14.6 Å². The van der Waals surface area contributed by atoms with Crippen molar-refractivity contribution in [3.8, 4) is 0 Å². The summed E-state index contributed by atoms with van der Waals surface area (Å²) in [5, 5.41) is 30.2. The highest BCUT2D eigenvalue weighted by molar-refractivity contribution is 5.90. The van der Waals surface area contributed by atoms with E-state index in [1.807, 2.05) is 0 Å². The van der Waals surface area contributed by atoms with E-state index in [9.17, 15) is 24.6 Å². The van der Waals surface area contributed by atoms with Crippen molar-refractivity contribution in [1.82, 2.24) is 0 Å². The van der Waals surface area contributed by atoms with E-state index in [1.54, 1.807) is 0 Å². The predicted octanol–water partition coefficient (Wildman–Crippen LogP) is 4.84. The van der Waals surface area contributed by atoms with Crippen LogP contribution < -0.4 is 0 Å². The largest absolute Gasteiger partial charge is 0.478 e. The van der Waals surface area contributed by atoms with Gasteiger partial charge < -0.3 is 24.8 Å². The van der Waals surface area contributed by atoms with Gasteiger partial charge in [0.1, 0.15) is 24.6 Å². The first-order valence-corrected chi connectivity index (χ1v) is 15.4. The molecule has 0 aromatic heterocycles. The normalized spacial score (nSPS) is 34.5. The van der Waals surface area contributed by atoms with Gasteiger partial charge in [0.05, 0.1) is 12.2 Å². The van der Waals surface area contributed by atoms with Gasteiger partial charge in [0.15, 0.2) is 0 Å². The van der Waals surface area contributed by atoms with Crippen LogP contribution in [0.5, 0.6) is 0 Å². The monoisotopic (exact) mass is 550 g/mol. The Morgan fingerprint density at radius 3 is 2.18 bits per heavy atom. The molecule has 0 spiro atoms. The summed E-state index contributed by atoms with van der Waals surface area (Å²) in [5.41, 5.74) is 0. The first-order chi connectivity index (χ1) is 18.8. The van der Waals surface area contributed by atoms with Gasteiger partial charge in [-0.25, -0.2) is 9.59 Å². The molecule has 8 heteroatoms. The van der Waals surface area contributed by atoms with Crippen molar-refractivity contribution in [3.63, 3.8) is 0 Å². The number of carbonyl (C=O) groups is 3. The Labute approximate surface area is 233 Å². The number of hydrogen-bond acceptors (Lipinski definition) is 7. The predicted molar refractivity (Wildman–Crippen MR) is 147 cm³/mol. The van der Waals surface area contributed by atoms with E-state index in [-0.39, 0.29) is 30.1 Å². The minimum atomic E-state index is -1.27. The van der Waals surface area contributed by atoms with Crippen LogP contribution >= 0.6 is 0 Å². The van der Waals surface area contributed by atoms with E-state index in [1.165, 1.54) is 57.8 Å². The number of ether oxygens (including phenoxy) is 2. The number of hydrogen-bond donors (Lipinski definition) is 3. The summed E-state index contributed by atoms with van der Waals surface area (Å²) < 4.78 is 11.5. The van der Waals surface area contributed by atoms with Crippen LogP contribution in [0.15, 0.2) is 12.2 Å². The Kier molecular flexibility index (Phi) is 12.9. The number of fused-ring (bicyclic) bond motifs is 1. The number of aliphatic carboxylic acids is 1. The first kappa shape index (κ1) is 31.8. The Hall–Kier alpha value is -1.77. The summed E-state index contributed by atoms with van der Waals surface area (Å²) in [6, 6.07) is 0. The fourth-order valence-corrected chi connectivity index (χ4v) is 6.82. The Morgan fingerprint density at radius 2 is 1.51 bits per heavy atom. The lowest BCUT2D eigenvalue weighted by Gasteiger charge is -2.40. The van der Waals surface area contributed by atoms with Crippen LogP contribution in [0.3, 0.4) is 0 Å². The fraction of sp³-hybridized carbons (Fsp3) is 0.839. The van der Waals surface area contributed by atoms with Crippen LogP contribution in [-0.4, -0.2) is 64.1 Å². The maximum absolute atomic E-state index is 13.6. The molecule has 3 fully saturated rings. The van der Waals surface area contributed by atoms with E-state index in [0.29, 0.717) is 30.8 Å². The van der Waals surface area contributed by atoms with Gasteiger partial charge in [-0.15, -0.1) is 0 Å². The summed E-state index contributed by atoms with van der Waals surface area (Å²) in [7, 11) is 0. The third-order valence-electron chi connectivity index (χ3n) is 9.17. The number of carboxylic acid groups (broad SMARTS) is 1. The maximum atomic E-state index is 13.6. The second kappa shape index (κ2) is 15.9. The van der Waals surface area contributed by atoms with Crippen LogP contribution in [0.2, 0.25) is 0 Å². The summed E-state index contributed by atoms with van der Waals surface area (Å²) in [5.74, 6) is -1.45. The average Bonchev–Trinajstić information content (AvgIpc) is 3.71. The second-order valence-corrected chi connectivity index (χ2v) is 12.1. The lowest BCUT2D eigenvalue weighted by molar-refractivity contribution is -0.165. The molecule has 2 aliphatic carbocycles. The zero-order valence-corrected chi connectivity index (χ0v) is 23.8. The zero-order chi connectivity index (χ0) is 28.4. The first-order valence-electron chi connectivity index (χ1n) is 15.4. The topological polar surface area (TPSA) is 130 Å². The molecule has 1 heterocycles. The molecule has 0 amide bonds. The summed E-state index contributed by atoms with van der Waals surface area (Å²) >= 11 is 0. The molecule has 0 radical (unpaired) electrons. The second-order valence-electron chi connectivity index (χ2n) is 12.1. The molecular weight excluding hydrogens is 500 g/mol. The molecule has 0 bridgehead atoms. The number of carboxylic acids is 1. The smallest absolute Gasteiger partial charge is 0.331 e.